The summed E-state index contributed by atoms with van der Waals surface area (Å²) >= 11 is 0. The number of amides is 2. The molecule has 1 N–H and O–H groups in total. The maximum atomic E-state index is 12.9. The Balaban J connectivity index is 1.55. The van der Waals surface area contributed by atoms with Crippen molar-refractivity contribution in [2.75, 3.05) is 30.0 Å². The molecule has 0 radical (unpaired) electrons. The lowest BCUT2D eigenvalue weighted by Gasteiger charge is -2.19. The van der Waals surface area contributed by atoms with Crippen LogP contribution in [0.3, 0.4) is 0 Å². The molecule has 1 saturated heterocycles. The highest BCUT2D eigenvalue weighted by Crippen LogP contribution is 2.33. The van der Waals surface area contributed by atoms with Gasteiger partial charge in [0, 0.05) is 18.7 Å². The van der Waals surface area contributed by atoms with E-state index in [0.717, 1.165) is 0 Å². The molecule has 1 heterocycles. The van der Waals surface area contributed by atoms with Crippen molar-refractivity contribution in [2.24, 2.45) is 5.92 Å². The van der Waals surface area contributed by atoms with E-state index in [-0.39, 0.29) is 18.9 Å². The summed E-state index contributed by atoms with van der Waals surface area (Å²) in [5.41, 5.74) is 0.992. The quantitative estimate of drug-likeness (QED) is 0.723. The standard InChI is InChI=1S/C21H21FN2O5/c1-2-28-18-6-4-3-5-17(18)24-12-14(11-20(24)26)21(27)29-13-19(25)23-16-9-7-15(22)8-10-16/h3-10,14H,2,11-13H2,1H3,(H,23,25)/t14-/m0/s1. The Labute approximate surface area is 167 Å². The van der Waals surface area contributed by atoms with Gasteiger partial charge in [0.25, 0.3) is 5.91 Å². The molecule has 3 rings (SSSR count). The minimum Gasteiger partial charge on any atom is -0.492 e. The second-order valence-electron chi connectivity index (χ2n) is 6.47. The number of carbonyl (C=O) groups excluding carboxylic acids is 3. The zero-order valence-electron chi connectivity index (χ0n) is 15.9. The van der Waals surface area contributed by atoms with Crippen LogP contribution in [-0.4, -0.2) is 37.5 Å². The van der Waals surface area contributed by atoms with Crippen LogP contribution in [0.1, 0.15) is 13.3 Å². The molecule has 1 aliphatic rings. The molecule has 7 nitrogen and oxygen atoms in total. The van der Waals surface area contributed by atoms with Gasteiger partial charge in [0.1, 0.15) is 11.6 Å². The number of para-hydroxylation sites is 2. The molecule has 0 spiro atoms. The Morgan fingerprint density at radius 2 is 1.90 bits per heavy atom. The largest absolute Gasteiger partial charge is 0.492 e. The van der Waals surface area contributed by atoms with Crippen molar-refractivity contribution in [1.29, 1.82) is 0 Å². The maximum Gasteiger partial charge on any atom is 0.311 e. The van der Waals surface area contributed by atoms with Gasteiger partial charge in [-0.3, -0.25) is 14.4 Å². The zero-order valence-corrected chi connectivity index (χ0v) is 15.9. The normalized spacial score (nSPS) is 15.9. The molecule has 1 fully saturated rings. The molecule has 2 aromatic rings. The number of ether oxygens (including phenoxy) is 2. The Morgan fingerprint density at radius 1 is 1.17 bits per heavy atom. The summed E-state index contributed by atoms with van der Waals surface area (Å²) in [5, 5.41) is 2.50. The van der Waals surface area contributed by atoms with Gasteiger partial charge in [-0.25, -0.2) is 4.39 Å². The maximum absolute atomic E-state index is 12.9. The van der Waals surface area contributed by atoms with Gasteiger partial charge >= 0.3 is 5.97 Å². The second-order valence-corrected chi connectivity index (χ2v) is 6.47. The lowest BCUT2D eigenvalue weighted by Crippen LogP contribution is -2.28. The monoisotopic (exact) mass is 400 g/mol. The van der Waals surface area contributed by atoms with Crippen LogP contribution in [0.4, 0.5) is 15.8 Å². The van der Waals surface area contributed by atoms with Gasteiger partial charge in [-0.2, -0.15) is 0 Å². The third-order valence-corrected chi connectivity index (χ3v) is 4.39. The molecule has 152 valence electrons. The number of rotatable bonds is 7. The highest BCUT2D eigenvalue weighted by atomic mass is 19.1. The van der Waals surface area contributed by atoms with E-state index in [1.54, 1.807) is 24.3 Å². The van der Waals surface area contributed by atoms with Gasteiger partial charge < -0.3 is 19.7 Å². The molecular formula is C21H21FN2O5. The fourth-order valence-corrected chi connectivity index (χ4v) is 3.04. The Hall–Kier alpha value is -3.42. The van der Waals surface area contributed by atoms with E-state index >= 15 is 0 Å². The van der Waals surface area contributed by atoms with E-state index in [4.69, 9.17) is 9.47 Å². The average molecular weight is 400 g/mol. The summed E-state index contributed by atoms with van der Waals surface area (Å²) in [4.78, 5) is 38.1. The number of halogens is 1. The van der Waals surface area contributed by atoms with Crippen LogP contribution in [-0.2, 0) is 19.1 Å². The van der Waals surface area contributed by atoms with Crippen LogP contribution in [0.2, 0.25) is 0 Å². The summed E-state index contributed by atoms with van der Waals surface area (Å²) in [5.74, 6) is -1.91. The number of anilines is 2. The van der Waals surface area contributed by atoms with E-state index in [2.05, 4.69) is 5.32 Å². The molecule has 0 bridgehead atoms. The van der Waals surface area contributed by atoms with Crippen molar-refractivity contribution in [3.05, 3.63) is 54.3 Å². The third-order valence-electron chi connectivity index (χ3n) is 4.39. The van der Waals surface area contributed by atoms with Crippen molar-refractivity contribution in [1.82, 2.24) is 0 Å². The van der Waals surface area contributed by atoms with Crippen molar-refractivity contribution >= 4 is 29.2 Å². The Morgan fingerprint density at radius 3 is 2.62 bits per heavy atom. The number of nitrogens with zero attached hydrogens (tertiary/aromatic N) is 1. The summed E-state index contributed by atoms with van der Waals surface area (Å²) in [6, 6.07) is 12.3. The molecular weight excluding hydrogens is 379 g/mol. The van der Waals surface area contributed by atoms with Crippen LogP contribution < -0.4 is 15.0 Å². The van der Waals surface area contributed by atoms with Gasteiger partial charge in [0.2, 0.25) is 5.91 Å². The summed E-state index contributed by atoms with van der Waals surface area (Å²) in [6.45, 7) is 1.96. The van der Waals surface area contributed by atoms with Gasteiger partial charge in [0.05, 0.1) is 18.2 Å². The van der Waals surface area contributed by atoms with Crippen LogP contribution in [0, 0.1) is 11.7 Å². The van der Waals surface area contributed by atoms with E-state index < -0.39 is 30.2 Å². The van der Waals surface area contributed by atoms with E-state index in [1.165, 1.54) is 29.2 Å². The summed E-state index contributed by atoms with van der Waals surface area (Å²) < 4.78 is 23.5. The fourth-order valence-electron chi connectivity index (χ4n) is 3.04. The predicted molar refractivity (Wildman–Crippen MR) is 104 cm³/mol. The molecule has 2 amide bonds. The van der Waals surface area contributed by atoms with Gasteiger partial charge in [0.15, 0.2) is 6.61 Å². The zero-order chi connectivity index (χ0) is 20.8. The SMILES string of the molecule is CCOc1ccccc1N1C[C@@H](C(=O)OCC(=O)Nc2ccc(F)cc2)CC1=O. The first-order valence-electron chi connectivity index (χ1n) is 9.22. The van der Waals surface area contributed by atoms with Crippen LogP contribution >= 0.6 is 0 Å². The highest BCUT2D eigenvalue weighted by Gasteiger charge is 2.37. The van der Waals surface area contributed by atoms with Crippen LogP contribution in [0.25, 0.3) is 0 Å². The number of carbonyl (C=O) groups is 3. The lowest BCUT2D eigenvalue weighted by molar-refractivity contribution is -0.151. The van der Waals surface area contributed by atoms with Gasteiger partial charge in [-0.1, -0.05) is 12.1 Å². The first-order valence-corrected chi connectivity index (χ1v) is 9.22. The molecule has 8 heteroatoms. The van der Waals surface area contributed by atoms with Gasteiger partial charge in [-0.15, -0.1) is 0 Å². The molecule has 1 aliphatic heterocycles. The van der Waals surface area contributed by atoms with E-state index in [0.29, 0.717) is 23.7 Å². The highest BCUT2D eigenvalue weighted by molar-refractivity contribution is 6.01. The number of nitrogens with one attached hydrogen (secondary N) is 1. The minimum absolute atomic E-state index is 0.00112. The smallest absolute Gasteiger partial charge is 0.311 e. The van der Waals surface area contributed by atoms with E-state index in [1.807, 2.05) is 6.92 Å². The average Bonchev–Trinajstić information content (AvgIpc) is 3.10. The molecule has 2 aromatic carbocycles. The minimum atomic E-state index is -0.671. The molecule has 29 heavy (non-hydrogen) atoms. The number of benzene rings is 2. The summed E-state index contributed by atoms with van der Waals surface area (Å²) in [7, 11) is 0. The topological polar surface area (TPSA) is 84.9 Å². The summed E-state index contributed by atoms with van der Waals surface area (Å²) in [6.07, 6.45) is -0.00112. The van der Waals surface area contributed by atoms with Crippen LogP contribution in [0.15, 0.2) is 48.5 Å². The van der Waals surface area contributed by atoms with Gasteiger partial charge in [-0.05, 0) is 43.3 Å². The first kappa shape index (κ1) is 20.3. The van der Waals surface area contributed by atoms with Crippen LogP contribution in [0.5, 0.6) is 5.75 Å². The molecule has 0 aliphatic carbocycles. The molecule has 0 aromatic heterocycles. The first-order chi connectivity index (χ1) is 14.0. The Bertz CT molecular complexity index is 900. The predicted octanol–water partition coefficient (Wildman–Crippen LogP) is 2.76. The van der Waals surface area contributed by atoms with E-state index in [9.17, 15) is 18.8 Å². The lowest BCUT2D eigenvalue weighted by atomic mass is 10.1. The third kappa shape index (κ3) is 5.10. The Kier molecular flexibility index (Phi) is 6.43. The number of hydrogen-bond acceptors (Lipinski definition) is 5. The number of hydrogen-bond donors (Lipinski definition) is 1. The number of esters is 1. The van der Waals surface area contributed by atoms with Crippen molar-refractivity contribution in [2.45, 2.75) is 13.3 Å². The molecule has 0 unspecified atom stereocenters. The molecule has 1 atom stereocenters. The second kappa shape index (κ2) is 9.18. The van der Waals surface area contributed by atoms with Crippen molar-refractivity contribution < 1.29 is 28.2 Å². The fraction of sp³-hybridized carbons (Fsp3) is 0.286. The van der Waals surface area contributed by atoms with Crippen molar-refractivity contribution in [3.8, 4) is 5.75 Å². The van der Waals surface area contributed by atoms with Crippen molar-refractivity contribution in [3.63, 3.8) is 0 Å². The molecule has 0 saturated carbocycles.